The second kappa shape index (κ2) is 30.5. The Morgan fingerprint density at radius 1 is 0.306 bits per heavy atom. The lowest BCUT2D eigenvalue weighted by Gasteiger charge is -2.46. The molecule has 0 bridgehead atoms. The van der Waals surface area contributed by atoms with Crippen LogP contribution in [0.1, 0.15) is 54.7 Å². The Labute approximate surface area is 722 Å². The zero-order chi connectivity index (χ0) is 82.5. The lowest BCUT2D eigenvalue weighted by atomic mass is 9.33. The summed E-state index contributed by atoms with van der Waals surface area (Å²) in [6, 6.07) is 154. The van der Waals surface area contributed by atoms with Gasteiger partial charge in [-0.15, -0.1) is 0 Å². The molecule has 124 heavy (non-hydrogen) atoms. The summed E-state index contributed by atoms with van der Waals surface area (Å²) in [7, 11) is 0. The van der Waals surface area contributed by atoms with Crippen LogP contribution in [0.2, 0.25) is 0 Å². The molecule has 0 saturated heterocycles. The van der Waals surface area contributed by atoms with E-state index in [-0.39, 0.29) is 6.71 Å². The Bertz CT molecular complexity index is 7680. The topological polar surface area (TPSA) is 44.5 Å². The van der Waals surface area contributed by atoms with E-state index in [0.717, 1.165) is 203 Å². The molecule has 20 aromatic rings. The minimum atomic E-state index is -0.384. The highest BCUT2D eigenvalue weighted by molar-refractivity contribution is 7.00. The van der Waals surface area contributed by atoms with Gasteiger partial charge in [-0.05, 0) is 241 Å². The van der Waals surface area contributed by atoms with Gasteiger partial charge < -0.3 is 18.9 Å². The van der Waals surface area contributed by atoms with Crippen molar-refractivity contribution in [2.75, 3.05) is 9.80 Å². The van der Waals surface area contributed by atoms with Crippen molar-refractivity contribution < 1.29 is 0 Å². The molecule has 0 spiro atoms. The highest BCUT2D eigenvalue weighted by Crippen LogP contribution is 2.57. The second-order valence-electron chi connectivity index (χ2n) is 33.5. The Morgan fingerprint density at radius 3 is 1.14 bits per heavy atom. The van der Waals surface area contributed by atoms with Crippen molar-refractivity contribution in [3.63, 3.8) is 0 Å². The average Bonchev–Trinajstić information content (AvgIpc) is 0.938. The van der Waals surface area contributed by atoms with Crippen LogP contribution < -0.4 is 26.2 Å². The molecule has 2 aliphatic heterocycles. The molecule has 23 rings (SSSR count). The van der Waals surface area contributed by atoms with E-state index < -0.39 is 0 Å². The number of fused-ring (bicyclic) bond motifs is 10. The predicted molar refractivity (Wildman–Crippen MR) is 520 cm³/mol. The monoisotopic (exact) mass is 1580 g/mol. The van der Waals surface area contributed by atoms with Gasteiger partial charge in [-0.3, -0.25) is 0 Å². The number of anilines is 6. The molecule has 3 aliphatic rings. The number of aryl methyl sites for hydroxylation is 1. The predicted octanol–water partition coefficient (Wildman–Crippen LogP) is 29.7. The first-order valence-corrected chi connectivity index (χ1v) is 43.2. The molecule has 2 aromatic heterocycles. The summed E-state index contributed by atoms with van der Waals surface area (Å²) in [5, 5.41) is 15.5. The number of hydrogen-bond donors (Lipinski definition) is 0. The molecule has 0 amide bonds. The van der Waals surface area contributed by atoms with Crippen LogP contribution in [-0.4, -0.2) is 15.8 Å². The fourth-order valence-corrected chi connectivity index (χ4v) is 20.6. The molecule has 582 valence electrons. The first-order valence-electron chi connectivity index (χ1n) is 43.2. The largest absolute Gasteiger partial charge is 0.310 e. The van der Waals surface area contributed by atoms with Gasteiger partial charge in [-0.1, -0.05) is 316 Å². The van der Waals surface area contributed by atoms with E-state index >= 15 is 0 Å². The Kier molecular flexibility index (Phi) is 18.0. The smallest absolute Gasteiger partial charge is 0.252 e. The standard InChI is InChI=1S/C117H81BN6/c1-76-29-23-44-87(61-76)101-67-91(82-39-24-30-77(62-82)75-119)68-102(88-45-25-40-83(63-88)78-31-7-3-8-32-78)116(101)123-111-73-95(121-107-53-19-15-49-97(107)98-50-16-20-54-108(98)121)57-59-105(111)118-106-60-58-96(122-109-55-21-17-51-99(109)100-52-18-22-56-110(100)122)74-112(106)124(114-72-93(71-113(123)115(114)118)81-37-13-6-14-38-81)117-103(89-46-26-41-84(64-89)79-33-9-4-10-34-79)69-92(86-43-28-48-94(66-86)120-2)70-104(117)90-47-27-42-85(65-90)80-35-11-5-12-36-80/h3-4,6-10,13-34,37-74,80H,5,11-12,35-36H2,1H3. The first kappa shape index (κ1) is 73.4. The van der Waals surface area contributed by atoms with E-state index in [2.05, 4.69) is 413 Å². The first-order chi connectivity index (χ1) is 61.3. The summed E-state index contributed by atoms with van der Waals surface area (Å²) < 4.78 is 4.98. The third-order valence-corrected chi connectivity index (χ3v) is 26.3. The SMILES string of the molecule is [C-]#[N+]c1cccc(-c2cc(-c3cccc(-c4ccccc4)c3)c(N3c4cc(-n5c6ccccc6c6ccccc65)ccc4B4c5ccc(-n6c7ccccc7c7ccccc76)cc5N(c5c(-c6cccc(C)c6)cc(-c6cccc(C#N)c6)cc5-c5cccc(-c6ccccc6)c5)c5cc(-c6ccccc6)cc3c54)c(-c3cccc(C4CCCCC4)c3)c2)c1. The average molecular weight is 1580 g/mol. The van der Waals surface area contributed by atoms with Crippen molar-refractivity contribution in [2.24, 2.45) is 0 Å². The summed E-state index contributed by atoms with van der Waals surface area (Å²) in [6.07, 6.45) is 5.94. The van der Waals surface area contributed by atoms with Gasteiger partial charge in [0.25, 0.3) is 6.71 Å². The van der Waals surface area contributed by atoms with Crippen molar-refractivity contribution >= 4 is 107 Å². The maximum absolute atomic E-state index is 10.8. The molecule has 0 N–H and O–H groups in total. The zero-order valence-electron chi connectivity index (χ0n) is 68.6. The normalized spacial score (nSPS) is 12.9. The number of para-hydroxylation sites is 4. The maximum Gasteiger partial charge on any atom is 0.252 e. The maximum atomic E-state index is 10.8. The van der Waals surface area contributed by atoms with Gasteiger partial charge in [-0.2, -0.15) is 5.26 Å². The number of nitrogens with zero attached hydrogens (tertiary/aromatic N) is 6. The zero-order valence-corrected chi connectivity index (χ0v) is 68.6. The second-order valence-corrected chi connectivity index (χ2v) is 33.5. The van der Waals surface area contributed by atoms with Gasteiger partial charge in [0.05, 0.1) is 51.6 Å². The van der Waals surface area contributed by atoms with Crippen molar-refractivity contribution in [3.05, 3.63) is 435 Å². The number of hydrogen-bond acceptors (Lipinski definition) is 3. The number of aromatic nitrogens is 2. The lowest BCUT2D eigenvalue weighted by Crippen LogP contribution is -2.61. The van der Waals surface area contributed by atoms with Crippen LogP contribution in [0.4, 0.5) is 39.8 Å². The van der Waals surface area contributed by atoms with Crippen molar-refractivity contribution in [1.82, 2.24) is 9.13 Å². The van der Waals surface area contributed by atoms with E-state index in [1.54, 1.807) is 0 Å². The molecule has 1 fully saturated rings. The number of rotatable bonds is 14. The fourth-order valence-electron chi connectivity index (χ4n) is 20.6. The molecule has 18 aromatic carbocycles. The lowest BCUT2D eigenvalue weighted by molar-refractivity contribution is 0.444. The van der Waals surface area contributed by atoms with Gasteiger partial charge in [0.2, 0.25) is 0 Å². The Morgan fingerprint density at radius 2 is 0.677 bits per heavy atom. The highest BCUT2D eigenvalue weighted by Gasteiger charge is 2.46. The van der Waals surface area contributed by atoms with E-state index in [1.165, 1.54) is 46.4 Å². The minimum Gasteiger partial charge on any atom is -0.310 e. The summed E-state index contributed by atoms with van der Waals surface area (Å²) in [5.74, 6) is 0.409. The van der Waals surface area contributed by atoms with E-state index in [1.807, 2.05) is 30.3 Å². The van der Waals surface area contributed by atoms with Crippen LogP contribution in [-0.2, 0) is 0 Å². The van der Waals surface area contributed by atoms with E-state index in [0.29, 0.717) is 17.2 Å². The summed E-state index contributed by atoms with van der Waals surface area (Å²) in [5.41, 5.74) is 38.7. The van der Waals surface area contributed by atoms with E-state index in [4.69, 9.17) is 6.57 Å². The van der Waals surface area contributed by atoms with Crippen LogP contribution in [0.5, 0.6) is 0 Å². The Hall–Kier alpha value is -15.8. The molecule has 6 nitrogen and oxygen atoms in total. The third-order valence-electron chi connectivity index (χ3n) is 26.3. The fraction of sp³-hybridized carbons (Fsp3) is 0.0598. The van der Waals surface area contributed by atoms with Gasteiger partial charge in [0.1, 0.15) is 0 Å². The van der Waals surface area contributed by atoms with Crippen molar-refractivity contribution in [2.45, 2.75) is 44.9 Å². The quantitative estimate of drug-likeness (QED) is 0.0805. The molecule has 7 heteroatoms. The van der Waals surface area contributed by atoms with Crippen molar-refractivity contribution in [3.8, 4) is 118 Å². The highest BCUT2D eigenvalue weighted by atomic mass is 15.2. The van der Waals surface area contributed by atoms with Crippen LogP contribution in [0.15, 0.2) is 406 Å². The van der Waals surface area contributed by atoms with Crippen LogP contribution >= 0.6 is 0 Å². The van der Waals surface area contributed by atoms with Gasteiger partial charge >= 0.3 is 0 Å². The van der Waals surface area contributed by atoms with Gasteiger partial charge in [0, 0.05) is 77.9 Å². The van der Waals surface area contributed by atoms with Crippen LogP contribution in [0.3, 0.4) is 0 Å². The van der Waals surface area contributed by atoms with E-state index in [9.17, 15) is 5.26 Å². The van der Waals surface area contributed by atoms with Gasteiger partial charge in [-0.25, -0.2) is 4.85 Å². The molecule has 0 radical (unpaired) electrons. The molecular formula is C117H81BN6. The molecular weight excluding hydrogens is 1500 g/mol. The summed E-state index contributed by atoms with van der Waals surface area (Å²) >= 11 is 0. The molecule has 4 heterocycles. The van der Waals surface area contributed by atoms with Gasteiger partial charge in [0.15, 0.2) is 5.69 Å². The third kappa shape index (κ3) is 12.5. The molecule has 1 aliphatic carbocycles. The number of benzene rings is 18. The van der Waals surface area contributed by atoms with Crippen LogP contribution in [0.25, 0.3) is 160 Å². The minimum absolute atomic E-state index is 0.384. The van der Waals surface area contributed by atoms with Crippen LogP contribution in [0, 0.1) is 24.8 Å². The molecule has 0 atom stereocenters. The summed E-state index contributed by atoms with van der Waals surface area (Å²) in [4.78, 5) is 9.50. The number of nitriles is 1. The Balaban J connectivity index is 0.912. The van der Waals surface area contributed by atoms with Crippen molar-refractivity contribution in [1.29, 1.82) is 5.26 Å². The molecule has 1 saturated carbocycles. The molecule has 0 unspecified atom stereocenters. The summed E-state index contributed by atoms with van der Waals surface area (Å²) in [6.45, 7) is 10.3.